The number of hydrogen-bond donors (Lipinski definition) is 2. The molecule has 2 aromatic rings. The summed E-state index contributed by atoms with van der Waals surface area (Å²) in [5.41, 5.74) is 8.49. The first-order valence-electron chi connectivity index (χ1n) is 4.89. The Bertz CT molecular complexity index is 458. The molecule has 0 fully saturated rings. The van der Waals surface area contributed by atoms with Crippen LogP contribution in [0.1, 0.15) is 17.1 Å². The average molecular weight is 206 g/mol. The lowest BCUT2D eigenvalue weighted by Crippen LogP contribution is -2.02. The van der Waals surface area contributed by atoms with Gasteiger partial charge in [0.15, 0.2) is 0 Å². The summed E-state index contributed by atoms with van der Waals surface area (Å²) < 4.78 is 5.47. The fraction of sp³-hybridized carbons (Fsp3) is 0.400. The van der Waals surface area contributed by atoms with Crippen molar-refractivity contribution in [2.45, 2.75) is 20.3 Å². The summed E-state index contributed by atoms with van der Waals surface area (Å²) in [5.74, 6) is 1.11. The second-order valence-corrected chi connectivity index (χ2v) is 3.55. The number of nitrogens with one attached hydrogen (secondary N) is 1. The standard InChI is InChI=1S/C10H14N4O/c1-6-5-7(2)12-9(6)10-14-13-8(15-10)3-4-11/h5,12H,3-4,11H2,1-2H3. The summed E-state index contributed by atoms with van der Waals surface area (Å²) in [5, 5.41) is 7.89. The summed E-state index contributed by atoms with van der Waals surface area (Å²) in [6, 6.07) is 2.04. The van der Waals surface area contributed by atoms with Crippen LogP contribution in [0.4, 0.5) is 0 Å². The summed E-state index contributed by atoms with van der Waals surface area (Å²) in [6.07, 6.45) is 0.617. The Morgan fingerprint density at radius 2 is 2.20 bits per heavy atom. The van der Waals surface area contributed by atoms with Crippen molar-refractivity contribution in [1.82, 2.24) is 15.2 Å². The normalized spacial score (nSPS) is 10.9. The fourth-order valence-corrected chi connectivity index (χ4v) is 1.53. The molecule has 15 heavy (non-hydrogen) atoms. The molecule has 0 aliphatic heterocycles. The summed E-state index contributed by atoms with van der Waals surface area (Å²) in [7, 11) is 0. The molecule has 2 rings (SSSR count). The lowest BCUT2D eigenvalue weighted by molar-refractivity contribution is 0.505. The molecular formula is C10H14N4O. The van der Waals surface area contributed by atoms with Gasteiger partial charge >= 0.3 is 0 Å². The Balaban J connectivity index is 2.32. The zero-order valence-electron chi connectivity index (χ0n) is 8.87. The van der Waals surface area contributed by atoms with Gasteiger partial charge in [0.05, 0.1) is 0 Å². The Morgan fingerprint density at radius 3 is 2.80 bits per heavy atom. The summed E-state index contributed by atoms with van der Waals surface area (Å²) in [4.78, 5) is 3.19. The van der Waals surface area contributed by atoms with Crippen molar-refractivity contribution < 1.29 is 4.42 Å². The minimum Gasteiger partial charge on any atom is -0.419 e. The summed E-state index contributed by atoms with van der Waals surface area (Å²) in [6.45, 7) is 4.52. The molecule has 0 saturated heterocycles. The third-order valence-corrected chi connectivity index (χ3v) is 2.19. The van der Waals surface area contributed by atoms with Gasteiger partial charge in [0.25, 0.3) is 5.89 Å². The maximum absolute atomic E-state index is 5.47. The van der Waals surface area contributed by atoms with Crippen LogP contribution in [0.3, 0.4) is 0 Å². The van der Waals surface area contributed by atoms with Crippen LogP contribution in [-0.4, -0.2) is 21.7 Å². The van der Waals surface area contributed by atoms with Crippen molar-refractivity contribution in [1.29, 1.82) is 0 Å². The van der Waals surface area contributed by atoms with E-state index in [2.05, 4.69) is 15.2 Å². The first-order chi connectivity index (χ1) is 7.20. The van der Waals surface area contributed by atoms with Crippen molar-refractivity contribution in [3.05, 3.63) is 23.2 Å². The van der Waals surface area contributed by atoms with Gasteiger partial charge in [0.2, 0.25) is 5.89 Å². The van der Waals surface area contributed by atoms with Gasteiger partial charge in [-0.1, -0.05) is 0 Å². The van der Waals surface area contributed by atoms with E-state index >= 15 is 0 Å². The topological polar surface area (TPSA) is 80.7 Å². The van der Waals surface area contributed by atoms with Crippen LogP contribution in [0, 0.1) is 13.8 Å². The minimum atomic E-state index is 0.518. The highest BCUT2D eigenvalue weighted by atomic mass is 16.4. The van der Waals surface area contributed by atoms with Gasteiger partial charge < -0.3 is 15.1 Å². The monoisotopic (exact) mass is 206 g/mol. The van der Waals surface area contributed by atoms with E-state index in [1.54, 1.807) is 0 Å². The van der Waals surface area contributed by atoms with Gasteiger partial charge in [-0.3, -0.25) is 0 Å². The van der Waals surface area contributed by atoms with E-state index in [0.717, 1.165) is 17.0 Å². The number of hydrogen-bond acceptors (Lipinski definition) is 4. The molecule has 80 valence electrons. The predicted molar refractivity (Wildman–Crippen MR) is 56.3 cm³/mol. The summed E-state index contributed by atoms with van der Waals surface area (Å²) >= 11 is 0. The van der Waals surface area contributed by atoms with Gasteiger partial charge in [-0.2, -0.15) is 0 Å². The number of nitrogens with zero attached hydrogens (tertiary/aromatic N) is 2. The van der Waals surface area contributed by atoms with E-state index in [1.807, 2.05) is 19.9 Å². The Kier molecular flexibility index (Phi) is 2.55. The molecule has 0 amide bonds. The lowest BCUT2D eigenvalue weighted by atomic mass is 10.2. The molecule has 3 N–H and O–H groups in total. The Labute approximate surface area is 87.7 Å². The van der Waals surface area contributed by atoms with E-state index in [9.17, 15) is 0 Å². The molecule has 5 nitrogen and oxygen atoms in total. The predicted octanol–water partition coefficient (Wildman–Crippen LogP) is 1.18. The molecular weight excluding hydrogens is 192 g/mol. The van der Waals surface area contributed by atoms with Gasteiger partial charge in [-0.05, 0) is 25.5 Å². The molecule has 0 unspecified atom stereocenters. The highest BCUT2D eigenvalue weighted by Crippen LogP contribution is 2.21. The molecule has 0 saturated carbocycles. The highest BCUT2D eigenvalue weighted by molar-refractivity contribution is 5.53. The van der Waals surface area contributed by atoms with Crippen LogP contribution in [0.2, 0.25) is 0 Å². The number of aryl methyl sites for hydroxylation is 2. The quantitative estimate of drug-likeness (QED) is 0.790. The lowest BCUT2D eigenvalue weighted by Gasteiger charge is -1.91. The second-order valence-electron chi connectivity index (χ2n) is 3.55. The maximum Gasteiger partial charge on any atom is 0.264 e. The van der Waals surface area contributed by atoms with Gasteiger partial charge in [0, 0.05) is 18.7 Å². The van der Waals surface area contributed by atoms with Gasteiger partial charge in [0.1, 0.15) is 5.69 Å². The van der Waals surface area contributed by atoms with E-state index < -0.39 is 0 Å². The largest absolute Gasteiger partial charge is 0.419 e. The maximum atomic E-state index is 5.47. The van der Waals surface area contributed by atoms with E-state index in [-0.39, 0.29) is 0 Å². The van der Waals surface area contributed by atoms with Crippen LogP contribution in [0.15, 0.2) is 10.5 Å². The first kappa shape index (κ1) is 9.92. The SMILES string of the molecule is Cc1cc(C)c(-c2nnc(CCN)o2)[nH]1. The third kappa shape index (κ3) is 1.92. The smallest absolute Gasteiger partial charge is 0.264 e. The van der Waals surface area contributed by atoms with E-state index in [1.165, 1.54) is 0 Å². The Morgan fingerprint density at radius 1 is 1.40 bits per heavy atom. The van der Waals surface area contributed by atoms with Crippen LogP contribution >= 0.6 is 0 Å². The average Bonchev–Trinajstić information content (AvgIpc) is 2.73. The third-order valence-electron chi connectivity index (χ3n) is 2.19. The number of aromatic nitrogens is 3. The van der Waals surface area contributed by atoms with Gasteiger partial charge in [-0.25, -0.2) is 0 Å². The van der Waals surface area contributed by atoms with Crippen molar-refractivity contribution in [3.63, 3.8) is 0 Å². The highest BCUT2D eigenvalue weighted by Gasteiger charge is 2.12. The molecule has 2 heterocycles. The van der Waals surface area contributed by atoms with E-state index in [4.69, 9.17) is 10.2 Å². The van der Waals surface area contributed by atoms with Crippen molar-refractivity contribution in [2.75, 3.05) is 6.54 Å². The molecule has 0 atom stereocenters. The van der Waals surface area contributed by atoms with E-state index in [0.29, 0.717) is 24.7 Å². The second kappa shape index (κ2) is 3.86. The van der Waals surface area contributed by atoms with Crippen LogP contribution < -0.4 is 5.73 Å². The number of nitrogens with two attached hydrogens (primary N) is 1. The minimum absolute atomic E-state index is 0.518. The molecule has 0 spiro atoms. The first-order valence-corrected chi connectivity index (χ1v) is 4.89. The Hall–Kier alpha value is -1.62. The number of rotatable bonds is 3. The fourth-order valence-electron chi connectivity index (χ4n) is 1.53. The molecule has 0 aliphatic carbocycles. The van der Waals surface area contributed by atoms with Crippen molar-refractivity contribution in [2.24, 2.45) is 5.73 Å². The number of aromatic amines is 1. The van der Waals surface area contributed by atoms with Crippen LogP contribution in [-0.2, 0) is 6.42 Å². The zero-order valence-corrected chi connectivity index (χ0v) is 8.87. The van der Waals surface area contributed by atoms with Crippen molar-refractivity contribution >= 4 is 0 Å². The molecule has 5 heteroatoms. The molecule has 0 aliphatic rings. The van der Waals surface area contributed by atoms with Crippen LogP contribution in [0.5, 0.6) is 0 Å². The molecule has 2 aromatic heterocycles. The van der Waals surface area contributed by atoms with Crippen molar-refractivity contribution in [3.8, 4) is 11.6 Å². The molecule has 0 bridgehead atoms. The molecule has 0 radical (unpaired) electrons. The zero-order chi connectivity index (χ0) is 10.8. The molecule has 0 aromatic carbocycles. The van der Waals surface area contributed by atoms with Crippen LogP contribution in [0.25, 0.3) is 11.6 Å². The van der Waals surface area contributed by atoms with Gasteiger partial charge in [-0.15, -0.1) is 10.2 Å². The number of H-pyrrole nitrogens is 1.